The number of nitrogens with zero attached hydrogens (tertiary/aromatic N) is 1. The number of H-pyrrole nitrogens is 1. The fourth-order valence-corrected chi connectivity index (χ4v) is 3.99. The molecule has 0 fully saturated rings. The minimum atomic E-state index is 0.514. The molecule has 6 heteroatoms. The van der Waals surface area contributed by atoms with E-state index in [0.717, 1.165) is 30.0 Å². The average molecular weight is 413 g/mol. The van der Waals surface area contributed by atoms with Crippen LogP contribution in [0.2, 0.25) is 0 Å². The van der Waals surface area contributed by atoms with Crippen LogP contribution >= 0.6 is 43.2 Å². The number of rotatable bonds is 2. The van der Waals surface area contributed by atoms with Crippen molar-refractivity contribution in [3.63, 3.8) is 0 Å². The van der Waals surface area contributed by atoms with Gasteiger partial charge in [-0.25, -0.2) is 0 Å². The van der Waals surface area contributed by atoms with E-state index in [1.807, 2.05) is 24.3 Å². The first-order chi connectivity index (χ1) is 9.56. The van der Waals surface area contributed by atoms with E-state index in [4.69, 9.17) is 5.73 Å². The predicted molar refractivity (Wildman–Crippen MR) is 91.9 cm³/mol. The van der Waals surface area contributed by atoms with Crippen LogP contribution in [-0.4, -0.2) is 10.2 Å². The third-order valence-electron chi connectivity index (χ3n) is 3.01. The van der Waals surface area contributed by atoms with Crippen LogP contribution in [0, 0.1) is 6.92 Å². The van der Waals surface area contributed by atoms with Gasteiger partial charge in [0.2, 0.25) is 0 Å². The van der Waals surface area contributed by atoms with Gasteiger partial charge < -0.3 is 5.73 Å². The minimum absolute atomic E-state index is 0.514. The lowest BCUT2D eigenvalue weighted by atomic mass is 10.0. The lowest BCUT2D eigenvalue weighted by molar-refractivity contribution is 1.11. The van der Waals surface area contributed by atoms with Crippen molar-refractivity contribution < 1.29 is 0 Å². The van der Waals surface area contributed by atoms with Gasteiger partial charge in [0.05, 0.1) is 19.9 Å². The lowest BCUT2D eigenvalue weighted by Gasteiger charge is -2.03. The Labute approximate surface area is 137 Å². The fraction of sp³-hybridized carbons (Fsp3) is 0.0714. The molecule has 0 amide bonds. The second-order valence-corrected chi connectivity index (χ2v) is 7.72. The number of hydrogen-bond donors (Lipinski definition) is 2. The molecule has 0 spiro atoms. The van der Waals surface area contributed by atoms with Crippen molar-refractivity contribution in [1.82, 2.24) is 10.2 Å². The highest BCUT2D eigenvalue weighted by molar-refractivity contribution is 9.11. The zero-order valence-corrected chi connectivity index (χ0v) is 14.6. The van der Waals surface area contributed by atoms with Gasteiger partial charge in [-0.1, -0.05) is 28.1 Å². The smallest absolute Gasteiger partial charge is 0.153 e. The summed E-state index contributed by atoms with van der Waals surface area (Å²) >= 11 is 8.72. The van der Waals surface area contributed by atoms with Gasteiger partial charge >= 0.3 is 0 Å². The van der Waals surface area contributed by atoms with E-state index >= 15 is 0 Å². The molecule has 1 aromatic carbocycles. The van der Waals surface area contributed by atoms with E-state index in [1.165, 1.54) is 5.56 Å². The molecule has 3 aromatic rings. The molecular weight excluding hydrogens is 402 g/mol. The Morgan fingerprint density at radius 1 is 1.25 bits per heavy atom. The fourth-order valence-electron chi connectivity index (χ4n) is 2.05. The molecule has 2 heterocycles. The van der Waals surface area contributed by atoms with E-state index in [1.54, 1.807) is 11.3 Å². The number of benzene rings is 1. The molecule has 0 radical (unpaired) electrons. The van der Waals surface area contributed by atoms with Crippen LogP contribution in [0.4, 0.5) is 5.82 Å². The van der Waals surface area contributed by atoms with Gasteiger partial charge in [0, 0.05) is 4.47 Å². The monoisotopic (exact) mass is 411 g/mol. The van der Waals surface area contributed by atoms with Gasteiger partial charge in [0.15, 0.2) is 5.82 Å². The van der Waals surface area contributed by atoms with Gasteiger partial charge in [-0.15, -0.1) is 11.3 Å². The number of aromatic nitrogens is 2. The van der Waals surface area contributed by atoms with Crippen LogP contribution < -0.4 is 5.73 Å². The van der Waals surface area contributed by atoms with Crippen LogP contribution in [0.15, 0.2) is 38.6 Å². The molecule has 102 valence electrons. The topological polar surface area (TPSA) is 54.7 Å². The van der Waals surface area contributed by atoms with E-state index in [9.17, 15) is 0 Å². The van der Waals surface area contributed by atoms with Crippen LogP contribution in [-0.2, 0) is 0 Å². The molecule has 0 atom stereocenters. The highest BCUT2D eigenvalue weighted by Gasteiger charge is 2.17. The number of thiophene rings is 1. The Balaban J connectivity index is 2.19. The van der Waals surface area contributed by atoms with Gasteiger partial charge in [-0.3, -0.25) is 5.10 Å². The third-order valence-corrected chi connectivity index (χ3v) is 5.66. The van der Waals surface area contributed by atoms with Crippen molar-refractivity contribution in [3.05, 3.63) is 44.2 Å². The normalized spacial score (nSPS) is 10.9. The summed E-state index contributed by atoms with van der Waals surface area (Å²) in [5, 5.41) is 7.21. The van der Waals surface area contributed by atoms with E-state index in [2.05, 4.69) is 55.0 Å². The number of halogens is 2. The largest absolute Gasteiger partial charge is 0.382 e. The number of nitrogens with one attached hydrogen (secondary N) is 1. The number of aryl methyl sites for hydroxylation is 1. The molecule has 0 aliphatic heterocycles. The van der Waals surface area contributed by atoms with Crippen molar-refractivity contribution in [1.29, 1.82) is 0 Å². The Morgan fingerprint density at radius 3 is 2.70 bits per heavy atom. The summed E-state index contributed by atoms with van der Waals surface area (Å²) in [5.74, 6) is 0.514. The van der Waals surface area contributed by atoms with Crippen molar-refractivity contribution in [2.24, 2.45) is 0 Å². The van der Waals surface area contributed by atoms with Crippen molar-refractivity contribution in [2.75, 3.05) is 5.73 Å². The maximum absolute atomic E-state index is 6.04. The summed E-state index contributed by atoms with van der Waals surface area (Å²) in [6.07, 6.45) is 0. The molecule has 3 N–H and O–H groups in total. The van der Waals surface area contributed by atoms with Crippen molar-refractivity contribution in [2.45, 2.75) is 6.92 Å². The zero-order valence-electron chi connectivity index (χ0n) is 10.6. The van der Waals surface area contributed by atoms with Crippen LogP contribution in [0.1, 0.15) is 5.56 Å². The first-order valence-corrected chi connectivity index (χ1v) is 8.32. The molecule has 20 heavy (non-hydrogen) atoms. The Bertz CT molecular complexity index is 757. The Morgan fingerprint density at radius 2 is 2.05 bits per heavy atom. The van der Waals surface area contributed by atoms with Crippen molar-refractivity contribution in [3.8, 4) is 21.7 Å². The van der Waals surface area contributed by atoms with Crippen LogP contribution in [0.3, 0.4) is 0 Å². The van der Waals surface area contributed by atoms with E-state index in [-0.39, 0.29) is 0 Å². The second-order valence-electron chi connectivity index (χ2n) is 4.44. The first-order valence-electron chi connectivity index (χ1n) is 5.92. The zero-order chi connectivity index (χ0) is 14.3. The number of anilines is 1. The van der Waals surface area contributed by atoms with Gasteiger partial charge in [-0.2, -0.15) is 5.10 Å². The maximum atomic E-state index is 6.04. The summed E-state index contributed by atoms with van der Waals surface area (Å²) in [5.41, 5.74) is 10.2. The number of nitrogen functional groups attached to an aromatic ring is 1. The number of aromatic amines is 1. The third kappa shape index (κ3) is 2.43. The molecule has 0 saturated carbocycles. The highest BCUT2D eigenvalue weighted by Crippen LogP contribution is 2.41. The Kier molecular flexibility index (Phi) is 3.70. The summed E-state index contributed by atoms with van der Waals surface area (Å²) < 4.78 is 2.14. The van der Waals surface area contributed by atoms with Gasteiger partial charge in [0.25, 0.3) is 0 Å². The lowest BCUT2D eigenvalue weighted by Crippen LogP contribution is -1.88. The van der Waals surface area contributed by atoms with E-state index in [0.29, 0.717) is 5.82 Å². The number of hydrogen-bond acceptors (Lipinski definition) is 3. The van der Waals surface area contributed by atoms with Crippen LogP contribution in [0.5, 0.6) is 0 Å². The maximum Gasteiger partial charge on any atom is 0.153 e. The SMILES string of the molecule is Cc1cc(-c2[nH]nc(N)c2-c2cccc(Br)c2)sc1Br. The molecule has 0 unspecified atom stereocenters. The summed E-state index contributed by atoms with van der Waals surface area (Å²) in [4.78, 5) is 1.12. The molecule has 0 bridgehead atoms. The molecular formula is C14H11Br2N3S. The Hall–Kier alpha value is -1.11. The van der Waals surface area contributed by atoms with Gasteiger partial charge in [0.1, 0.15) is 0 Å². The second kappa shape index (κ2) is 5.35. The van der Waals surface area contributed by atoms with E-state index < -0.39 is 0 Å². The standard InChI is InChI=1S/C14H11Br2N3S/c1-7-5-10(20-13(7)16)12-11(14(17)19-18-12)8-3-2-4-9(15)6-8/h2-6H,1H3,(H3,17,18,19). The summed E-state index contributed by atoms with van der Waals surface area (Å²) in [6, 6.07) is 10.2. The number of nitrogens with two attached hydrogens (primary N) is 1. The van der Waals surface area contributed by atoms with Crippen molar-refractivity contribution >= 4 is 49.0 Å². The quantitative estimate of drug-likeness (QED) is 0.606. The predicted octanol–water partition coefficient (Wildman–Crippen LogP) is 5.22. The molecule has 0 aliphatic carbocycles. The molecule has 2 aromatic heterocycles. The average Bonchev–Trinajstić information content (AvgIpc) is 2.93. The molecule has 3 rings (SSSR count). The molecule has 0 saturated heterocycles. The summed E-state index contributed by atoms with van der Waals surface area (Å²) in [7, 11) is 0. The molecule has 3 nitrogen and oxygen atoms in total. The highest BCUT2D eigenvalue weighted by atomic mass is 79.9. The van der Waals surface area contributed by atoms with Crippen LogP contribution in [0.25, 0.3) is 21.7 Å². The van der Waals surface area contributed by atoms with Gasteiger partial charge in [-0.05, 0) is 52.2 Å². The molecule has 0 aliphatic rings. The summed E-state index contributed by atoms with van der Waals surface area (Å²) in [6.45, 7) is 2.07. The first kappa shape index (κ1) is 13.9. The minimum Gasteiger partial charge on any atom is -0.382 e.